The summed E-state index contributed by atoms with van der Waals surface area (Å²) < 4.78 is 24.3. The summed E-state index contributed by atoms with van der Waals surface area (Å²) in [5.74, 6) is 0. The first-order chi connectivity index (χ1) is 8.35. The van der Waals surface area contributed by atoms with Gasteiger partial charge in [-0.15, -0.1) is 0 Å². The van der Waals surface area contributed by atoms with E-state index < -0.39 is 0 Å². The quantitative estimate of drug-likeness (QED) is 0.761. The lowest BCUT2D eigenvalue weighted by atomic mass is 10.1. The van der Waals surface area contributed by atoms with Crippen molar-refractivity contribution in [1.29, 1.82) is 0 Å². The Kier molecular flexibility index (Phi) is 9.65. The molecule has 0 bridgehead atoms. The fraction of sp³-hybridized carbons (Fsp3) is 1.00. The van der Waals surface area contributed by atoms with Crippen LogP contribution in [0, 0.1) is 5.41 Å². The summed E-state index contributed by atoms with van der Waals surface area (Å²) in [5.41, 5.74) is 0.562. The second-order valence-electron chi connectivity index (χ2n) is 4.77. The van der Waals surface area contributed by atoms with Gasteiger partial charge in [-0.2, -0.15) is 0 Å². The zero-order valence-corrected chi connectivity index (χ0v) is 11.5. The number of rotatable bonds is 4. The second kappa shape index (κ2) is 9.77. The van der Waals surface area contributed by atoms with Crippen molar-refractivity contribution >= 4 is 0 Å². The molecule has 2 aliphatic rings. The van der Waals surface area contributed by atoms with Gasteiger partial charge in [-0.1, -0.05) is 6.42 Å². The minimum Gasteiger partial charge on any atom is -0.384 e. The number of likely N-dealkylation sites (tertiary alicyclic amines) is 1. The largest absolute Gasteiger partial charge is 0.384 e. The maximum absolute atomic E-state index is 9.50. The van der Waals surface area contributed by atoms with Crippen LogP contribution in [0.1, 0.15) is 32.1 Å². The van der Waals surface area contributed by atoms with Crippen molar-refractivity contribution in [2.45, 2.75) is 32.1 Å². The summed E-state index contributed by atoms with van der Waals surface area (Å²) in [7, 11) is 2.83. The molecule has 104 valence electrons. The molecule has 0 aromatic rings. The van der Waals surface area contributed by atoms with Crippen molar-refractivity contribution in [2.75, 3.05) is 47.7 Å². The Morgan fingerprint density at radius 3 is 1.94 bits per heavy atom. The van der Waals surface area contributed by atoms with Gasteiger partial charge < -0.3 is 9.64 Å². The van der Waals surface area contributed by atoms with E-state index in [1.165, 1.54) is 51.7 Å². The topological polar surface area (TPSA) is 12.5 Å². The fourth-order valence-corrected chi connectivity index (χ4v) is 2.42. The summed E-state index contributed by atoms with van der Waals surface area (Å²) in [6.45, 7) is 4.92. The lowest BCUT2D eigenvalue weighted by Gasteiger charge is -2.30. The maximum atomic E-state index is 9.50. The van der Waals surface area contributed by atoms with Crippen LogP contribution in [-0.2, 0) is 4.74 Å². The van der Waals surface area contributed by atoms with Crippen LogP contribution in [0.3, 0.4) is 0 Å². The van der Waals surface area contributed by atoms with Crippen LogP contribution < -0.4 is 0 Å². The van der Waals surface area contributed by atoms with Crippen LogP contribution in [0.5, 0.6) is 0 Å². The third kappa shape index (κ3) is 6.32. The van der Waals surface area contributed by atoms with Gasteiger partial charge in [0.25, 0.3) is 0 Å². The van der Waals surface area contributed by atoms with E-state index in [1.807, 2.05) is 7.11 Å². The molecule has 17 heavy (non-hydrogen) atoms. The lowest BCUT2D eigenvalue weighted by molar-refractivity contribution is 0.1000. The van der Waals surface area contributed by atoms with E-state index in [9.17, 15) is 8.78 Å². The molecule has 2 nitrogen and oxygen atoms in total. The van der Waals surface area contributed by atoms with Gasteiger partial charge in [-0.25, -0.2) is 0 Å². The Morgan fingerprint density at radius 1 is 1.00 bits per heavy atom. The van der Waals surface area contributed by atoms with Crippen LogP contribution in [-0.4, -0.2) is 52.6 Å². The number of alkyl halides is 2. The summed E-state index contributed by atoms with van der Waals surface area (Å²) in [5, 5.41) is 0. The molecule has 0 spiro atoms. The molecule has 1 saturated heterocycles. The van der Waals surface area contributed by atoms with Gasteiger partial charge >= 0.3 is 0 Å². The Morgan fingerprint density at radius 2 is 1.53 bits per heavy atom. The van der Waals surface area contributed by atoms with Crippen molar-refractivity contribution in [3.05, 3.63) is 0 Å². The molecule has 0 atom stereocenters. The third-order valence-corrected chi connectivity index (χ3v) is 3.42. The number of piperidine rings is 1. The molecule has 0 unspecified atom stereocenters. The van der Waals surface area contributed by atoms with Gasteiger partial charge in [0.05, 0.1) is 21.0 Å². The molecule has 1 aliphatic heterocycles. The van der Waals surface area contributed by atoms with E-state index >= 15 is 0 Å². The van der Waals surface area contributed by atoms with Gasteiger partial charge in [0, 0.05) is 19.1 Å². The van der Waals surface area contributed by atoms with Crippen LogP contribution in [0.15, 0.2) is 0 Å². The molecular weight excluding hydrogens is 224 g/mol. The average Bonchev–Trinajstić information content (AvgIpc) is 3.15. The lowest BCUT2D eigenvalue weighted by Crippen LogP contribution is -2.36. The van der Waals surface area contributed by atoms with E-state index in [0.29, 0.717) is 19.8 Å². The number of halogens is 2. The normalized spacial score (nSPS) is 21.7. The van der Waals surface area contributed by atoms with E-state index in [0.717, 1.165) is 6.61 Å². The first-order valence-electron chi connectivity index (χ1n) is 6.32. The van der Waals surface area contributed by atoms with Crippen molar-refractivity contribution in [1.82, 2.24) is 4.90 Å². The Balaban J connectivity index is 0.000000581. The van der Waals surface area contributed by atoms with Crippen molar-refractivity contribution in [3.63, 3.8) is 0 Å². The molecule has 4 heteroatoms. The molecule has 0 radical (unpaired) electrons. The highest BCUT2D eigenvalue weighted by Crippen LogP contribution is 2.46. The number of methoxy groups -OCH3 is 1. The molecule has 0 amide bonds. The molecule has 0 N–H and O–H groups in total. The predicted molar refractivity (Wildman–Crippen MR) is 67.9 cm³/mol. The smallest absolute Gasteiger partial charge is 0.0785 e. The molecule has 1 aliphatic carbocycles. The maximum Gasteiger partial charge on any atom is 0.0785 e. The van der Waals surface area contributed by atoms with E-state index in [1.54, 1.807) is 0 Å². The molecule has 2 rings (SSSR count). The van der Waals surface area contributed by atoms with Crippen molar-refractivity contribution < 1.29 is 13.5 Å². The SMILES string of the molecule is CF.CF.COCC1(CN2CCCCC2)CC1. The van der Waals surface area contributed by atoms with Crippen LogP contribution >= 0.6 is 0 Å². The van der Waals surface area contributed by atoms with E-state index in [-0.39, 0.29) is 0 Å². The molecule has 1 saturated carbocycles. The summed E-state index contributed by atoms with van der Waals surface area (Å²) in [4.78, 5) is 2.63. The standard InChI is InChI=1S/C11H21NO.2CH3F/c1-13-10-11(5-6-11)9-12-7-3-2-4-8-12;2*1-2/h2-10H2,1H3;2*1H3. The van der Waals surface area contributed by atoms with Gasteiger partial charge in [-0.05, 0) is 38.8 Å². The first kappa shape index (κ1) is 16.8. The third-order valence-electron chi connectivity index (χ3n) is 3.42. The minimum absolute atomic E-state index is 0.500. The molecule has 1 heterocycles. The zero-order valence-electron chi connectivity index (χ0n) is 11.5. The molecule has 2 fully saturated rings. The van der Waals surface area contributed by atoms with Gasteiger partial charge in [0.2, 0.25) is 0 Å². The highest BCUT2D eigenvalue weighted by Gasteiger charge is 2.43. The van der Waals surface area contributed by atoms with Crippen LogP contribution in [0.2, 0.25) is 0 Å². The summed E-state index contributed by atoms with van der Waals surface area (Å²) in [6, 6.07) is 0. The zero-order chi connectivity index (χ0) is 13.1. The average molecular weight is 251 g/mol. The van der Waals surface area contributed by atoms with Gasteiger partial charge in [0.15, 0.2) is 0 Å². The summed E-state index contributed by atoms with van der Waals surface area (Å²) >= 11 is 0. The number of hydrogen-bond donors (Lipinski definition) is 0. The monoisotopic (exact) mass is 251 g/mol. The summed E-state index contributed by atoms with van der Waals surface area (Å²) in [6.07, 6.45) is 7.02. The molecule has 0 aromatic carbocycles. The van der Waals surface area contributed by atoms with Crippen LogP contribution in [0.4, 0.5) is 8.78 Å². The van der Waals surface area contributed by atoms with Gasteiger partial charge in [-0.3, -0.25) is 8.78 Å². The Hall–Kier alpha value is -0.220. The predicted octanol–water partition coefficient (Wildman–Crippen LogP) is 3.07. The fourth-order valence-electron chi connectivity index (χ4n) is 2.42. The highest BCUT2D eigenvalue weighted by atomic mass is 19.1. The first-order valence-corrected chi connectivity index (χ1v) is 6.32. The van der Waals surface area contributed by atoms with E-state index in [2.05, 4.69) is 4.90 Å². The highest BCUT2D eigenvalue weighted by molar-refractivity contribution is 4.95. The Bertz CT molecular complexity index is 169. The molecule has 0 aromatic heterocycles. The van der Waals surface area contributed by atoms with Crippen molar-refractivity contribution in [2.24, 2.45) is 5.41 Å². The number of ether oxygens (including phenoxy) is 1. The minimum atomic E-state index is 0.500. The van der Waals surface area contributed by atoms with E-state index in [4.69, 9.17) is 4.74 Å². The number of nitrogens with zero attached hydrogens (tertiary/aromatic N) is 1. The Labute approximate surface area is 104 Å². The number of hydrogen-bond acceptors (Lipinski definition) is 2. The second-order valence-corrected chi connectivity index (χ2v) is 4.77. The van der Waals surface area contributed by atoms with Crippen molar-refractivity contribution in [3.8, 4) is 0 Å². The molecular formula is C13H27F2NO. The van der Waals surface area contributed by atoms with Crippen LogP contribution in [0.25, 0.3) is 0 Å². The van der Waals surface area contributed by atoms with Gasteiger partial charge in [0.1, 0.15) is 0 Å².